The Morgan fingerprint density at radius 2 is 1.94 bits per heavy atom. The van der Waals surface area contributed by atoms with Gasteiger partial charge >= 0.3 is 0 Å². The molecule has 1 unspecified atom stereocenters. The molecule has 0 aliphatic heterocycles. The van der Waals surface area contributed by atoms with Crippen LogP contribution in [0.5, 0.6) is 0 Å². The summed E-state index contributed by atoms with van der Waals surface area (Å²) in [5.41, 5.74) is 2.53. The average Bonchev–Trinajstić information content (AvgIpc) is 2.76. The van der Waals surface area contributed by atoms with E-state index in [1.807, 2.05) is 17.9 Å². The molecule has 1 N–H and O–H groups in total. The van der Waals surface area contributed by atoms with Crippen molar-refractivity contribution in [2.75, 3.05) is 6.54 Å². The van der Waals surface area contributed by atoms with Gasteiger partial charge in [0.15, 0.2) is 0 Å². The predicted octanol–water partition coefficient (Wildman–Crippen LogP) is 2.18. The number of aryl methyl sites for hydroxylation is 1. The van der Waals surface area contributed by atoms with E-state index < -0.39 is 0 Å². The van der Waals surface area contributed by atoms with Crippen LogP contribution >= 0.6 is 0 Å². The monoisotopic (exact) mass is 243 g/mol. The van der Waals surface area contributed by atoms with Gasteiger partial charge in [-0.1, -0.05) is 37.3 Å². The maximum absolute atomic E-state index is 4.45. The second kappa shape index (κ2) is 6.36. The molecule has 18 heavy (non-hydrogen) atoms. The lowest BCUT2D eigenvalue weighted by atomic mass is 10.0. The van der Waals surface area contributed by atoms with Crippen molar-refractivity contribution in [3.05, 3.63) is 53.9 Å². The Hall–Kier alpha value is -1.61. The zero-order valence-corrected chi connectivity index (χ0v) is 11.1. The van der Waals surface area contributed by atoms with Crippen LogP contribution in [0.4, 0.5) is 0 Å². The molecule has 0 saturated heterocycles. The summed E-state index contributed by atoms with van der Waals surface area (Å²) < 4.78 is 1.86. The minimum atomic E-state index is 0.451. The van der Waals surface area contributed by atoms with Gasteiger partial charge in [-0.3, -0.25) is 4.68 Å². The molecule has 1 heterocycles. The molecule has 1 aromatic heterocycles. The number of hydrogen-bond acceptors (Lipinski definition) is 2. The molecule has 0 saturated carbocycles. The van der Waals surface area contributed by atoms with Crippen molar-refractivity contribution in [1.82, 2.24) is 15.1 Å². The SMILES string of the molecule is CCNC(Cc1ccccc1)Cc1ccn(C)n1. The highest BCUT2D eigenvalue weighted by atomic mass is 15.2. The van der Waals surface area contributed by atoms with Gasteiger partial charge in [-0.15, -0.1) is 0 Å². The molecule has 1 aromatic carbocycles. The van der Waals surface area contributed by atoms with Gasteiger partial charge in [0.1, 0.15) is 0 Å². The molecule has 2 aromatic rings. The molecule has 0 radical (unpaired) electrons. The van der Waals surface area contributed by atoms with Crippen molar-refractivity contribution < 1.29 is 0 Å². The highest BCUT2D eigenvalue weighted by molar-refractivity contribution is 5.16. The maximum atomic E-state index is 4.45. The Labute approximate surface area is 109 Å². The Morgan fingerprint density at radius 3 is 2.56 bits per heavy atom. The van der Waals surface area contributed by atoms with Gasteiger partial charge in [0.2, 0.25) is 0 Å². The number of nitrogens with zero attached hydrogens (tertiary/aromatic N) is 2. The van der Waals surface area contributed by atoms with Crippen LogP contribution in [-0.4, -0.2) is 22.4 Å². The van der Waals surface area contributed by atoms with E-state index in [0.717, 1.165) is 25.1 Å². The highest BCUT2D eigenvalue weighted by Gasteiger charge is 2.10. The van der Waals surface area contributed by atoms with E-state index >= 15 is 0 Å². The van der Waals surface area contributed by atoms with Crippen molar-refractivity contribution in [2.24, 2.45) is 7.05 Å². The van der Waals surface area contributed by atoms with Crippen LogP contribution in [0.3, 0.4) is 0 Å². The first-order valence-electron chi connectivity index (χ1n) is 6.53. The molecule has 2 rings (SSSR count). The van der Waals surface area contributed by atoms with Crippen LogP contribution in [0.1, 0.15) is 18.2 Å². The van der Waals surface area contributed by atoms with Gasteiger partial charge in [-0.05, 0) is 24.6 Å². The number of hydrogen-bond donors (Lipinski definition) is 1. The number of likely N-dealkylation sites (N-methyl/N-ethyl adjacent to an activating group) is 1. The van der Waals surface area contributed by atoms with E-state index in [0.29, 0.717) is 6.04 Å². The van der Waals surface area contributed by atoms with Crippen LogP contribution in [0.25, 0.3) is 0 Å². The molecule has 0 aliphatic carbocycles. The van der Waals surface area contributed by atoms with Crippen LogP contribution < -0.4 is 5.32 Å². The van der Waals surface area contributed by atoms with Gasteiger partial charge in [0.25, 0.3) is 0 Å². The lowest BCUT2D eigenvalue weighted by molar-refractivity contribution is 0.513. The molecular weight excluding hydrogens is 222 g/mol. The second-order valence-corrected chi connectivity index (χ2v) is 4.63. The zero-order chi connectivity index (χ0) is 12.8. The first-order chi connectivity index (χ1) is 8.78. The maximum Gasteiger partial charge on any atom is 0.0640 e. The Kier molecular flexibility index (Phi) is 4.53. The van der Waals surface area contributed by atoms with Gasteiger partial charge in [-0.2, -0.15) is 5.10 Å². The average molecular weight is 243 g/mol. The number of nitrogens with one attached hydrogen (secondary N) is 1. The highest BCUT2D eigenvalue weighted by Crippen LogP contribution is 2.07. The molecule has 1 atom stereocenters. The van der Waals surface area contributed by atoms with Crippen LogP contribution in [0.2, 0.25) is 0 Å². The quantitative estimate of drug-likeness (QED) is 0.843. The fourth-order valence-electron chi connectivity index (χ4n) is 2.23. The molecule has 0 bridgehead atoms. The topological polar surface area (TPSA) is 29.9 Å². The fourth-order valence-corrected chi connectivity index (χ4v) is 2.23. The van der Waals surface area contributed by atoms with E-state index in [1.54, 1.807) is 0 Å². The fraction of sp³-hybridized carbons (Fsp3) is 0.400. The second-order valence-electron chi connectivity index (χ2n) is 4.63. The summed E-state index contributed by atoms with van der Waals surface area (Å²) in [6, 6.07) is 13.2. The first-order valence-corrected chi connectivity index (χ1v) is 6.53. The van der Waals surface area contributed by atoms with Crippen molar-refractivity contribution in [3.8, 4) is 0 Å². The molecule has 0 amide bonds. The normalized spacial score (nSPS) is 12.6. The van der Waals surface area contributed by atoms with E-state index in [1.165, 1.54) is 5.56 Å². The van der Waals surface area contributed by atoms with Crippen molar-refractivity contribution in [3.63, 3.8) is 0 Å². The van der Waals surface area contributed by atoms with E-state index in [2.05, 4.69) is 53.7 Å². The number of rotatable bonds is 6. The summed E-state index contributed by atoms with van der Waals surface area (Å²) in [6.45, 7) is 3.14. The third-order valence-corrected chi connectivity index (χ3v) is 3.04. The summed E-state index contributed by atoms with van der Waals surface area (Å²) in [6.07, 6.45) is 4.02. The first kappa shape index (κ1) is 12.8. The van der Waals surface area contributed by atoms with Gasteiger partial charge in [0.05, 0.1) is 5.69 Å². The molecule has 0 spiro atoms. The molecule has 0 aliphatic rings. The Morgan fingerprint density at radius 1 is 1.17 bits per heavy atom. The molecular formula is C15H21N3. The predicted molar refractivity (Wildman–Crippen MR) is 74.5 cm³/mol. The molecule has 3 heteroatoms. The van der Waals surface area contributed by atoms with E-state index in [4.69, 9.17) is 0 Å². The lowest BCUT2D eigenvalue weighted by Crippen LogP contribution is -2.33. The van der Waals surface area contributed by atoms with Crippen LogP contribution in [0, 0.1) is 0 Å². The smallest absolute Gasteiger partial charge is 0.0640 e. The van der Waals surface area contributed by atoms with Crippen molar-refractivity contribution in [2.45, 2.75) is 25.8 Å². The summed E-state index contributed by atoms with van der Waals surface area (Å²) in [5, 5.41) is 7.99. The van der Waals surface area contributed by atoms with Crippen LogP contribution in [-0.2, 0) is 19.9 Å². The van der Waals surface area contributed by atoms with Gasteiger partial charge in [0, 0.05) is 25.7 Å². The molecule has 3 nitrogen and oxygen atoms in total. The summed E-state index contributed by atoms with van der Waals surface area (Å²) >= 11 is 0. The van der Waals surface area contributed by atoms with E-state index in [9.17, 15) is 0 Å². The minimum Gasteiger partial charge on any atom is -0.314 e. The third kappa shape index (κ3) is 3.70. The van der Waals surface area contributed by atoms with Crippen LogP contribution in [0.15, 0.2) is 42.6 Å². The number of benzene rings is 1. The van der Waals surface area contributed by atoms with Gasteiger partial charge in [-0.25, -0.2) is 0 Å². The van der Waals surface area contributed by atoms with Crippen molar-refractivity contribution in [1.29, 1.82) is 0 Å². The Bertz CT molecular complexity index is 462. The number of aromatic nitrogens is 2. The van der Waals surface area contributed by atoms with Gasteiger partial charge < -0.3 is 5.32 Å². The summed E-state index contributed by atoms with van der Waals surface area (Å²) in [4.78, 5) is 0. The third-order valence-electron chi connectivity index (χ3n) is 3.04. The molecule has 96 valence electrons. The summed E-state index contributed by atoms with van der Waals surface area (Å²) in [5.74, 6) is 0. The van der Waals surface area contributed by atoms with Crippen molar-refractivity contribution >= 4 is 0 Å². The Balaban J connectivity index is 1.99. The van der Waals surface area contributed by atoms with E-state index in [-0.39, 0.29) is 0 Å². The minimum absolute atomic E-state index is 0.451. The standard InChI is InChI=1S/C15H21N3/c1-3-16-15(11-13-7-5-4-6-8-13)12-14-9-10-18(2)17-14/h4-10,15-16H,3,11-12H2,1-2H3. The lowest BCUT2D eigenvalue weighted by Gasteiger charge is -2.16. The zero-order valence-electron chi connectivity index (χ0n) is 11.1. The summed E-state index contributed by atoms with van der Waals surface area (Å²) in [7, 11) is 1.96. The largest absolute Gasteiger partial charge is 0.314 e. The molecule has 0 fully saturated rings.